The summed E-state index contributed by atoms with van der Waals surface area (Å²) < 4.78 is 5.70. The number of hydrogen-bond donors (Lipinski definition) is 2. The van der Waals surface area contributed by atoms with Crippen LogP contribution >= 0.6 is 12.6 Å². The fourth-order valence-electron chi connectivity index (χ4n) is 4.34. The van der Waals surface area contributed by atoms with Crippen LogP contribution in [-0.2, 0) is 0 Å². The molecule has 158 valence electrons. The third kappa shape index (κ3) is 4.66. The van der Waals surface area contributed by atoms with Crippen LogP contribution in [0.3, 0.4) is 0 Å². The molecule has 1 unspecified atom stereocenters. The van der Waals surface area contributed by atoms with Gasteiger partial charge in [-0.3, -0.25) is 5.10 Å². The lowest BCUT2D eigenvalue weighted by molar-refractivity contribution is 0.413. The summed E-state index contributed by atoms with van der Waals surface area (Å²) in [6.07, 6.45) is 8.32. The van der Waals surface area contributed by atoms with Crippen molar-refractivity contribution in [1.29, 1.82) is 0 Å². The van der Waals surface area contributed by atoms with Crippen LogP contribution < -0.4 is 9.64 Å². The second kappa shape index (κ2) is 9.75. The Morgan fingerprint density at radius 3 is 2.76 bits per heavy atom. The number of allylic oxidation sites excluding steroid dienone is 2. The first-order valence-electron chi connectivity index (χ1n) is 10.9. The number of H-pyrrole nitrogens is 1. The van der Waals surface area contributed by atoms with Crippen LogP contribution in [0.1, 0.15) is 65.5 Å². The topological polar surface area (TPSA) is 41.2 Å². The van der Waals surface area contributed by atoms with E-state index in [2.05, 4.69) is 67.1 Å². The summed E-state index contributed by atoms with van der Waals surface area (Å²) in [7, 11) is 1.74. The number of ether oxygens (including phenoxy) is 1. The average molecular weight is 414 g/mol. The molecule has 0 radical (unpaired) electrons. The molecule has 5 heteroatoms. The van der Waals surface area contributed by atoms with Gasteiger partial charge in [0, 0.05) is 18.2 Å². The predicted octanol–water partition coefficient (Wildman–Crippen LogP) is 6.59. The van der Waals surface area contributed by atoms with Gasteiger partial charge in [0.05, 0.1) is 18.5 Å². The fraction of sp³-hybridized carbons (Fsp3) is 0.542. The third-order valence-corrected chi connectivity index (χ3v) is 6.24. The van der Waals surface area contributed by atoms with Crippen LogP contribution in [0.25, 0.3) is 16.7 Å². The zero-order valence-corrected chi connectivity index (χ0v) is 19.4. The molecule has 1 atom stereocenters. The number of methoxy groups -OCH3 is 1. The van der Waals surface area contributed by atoms with Crippen LogP contribution in [0, 0.1) is 5.92 Å². The van der Waals surface area contributed by atoms with E-state index in [1.165, 1.54) is 24.8 Å². The van der Waals surface area contributed by atoms with E-state index in [1.54, 1.807) is 7.11 Å². The molecule has 1 aliphatic carbocycles. The van der Waals surface area contributed by atoms with Gasteiger partial charge in [-0.2, -0.15) is 5.10 Å². The number of thiol groups is 1. The minimum Gasteiger partial charge on any atom is -0.495 e. The maximum absolute atomic E-state index is 5.70. The molecule has 4 nitrogen and oxygen atoms in total. The van der Waals surface area contributed by atoms with Gasteiger partial charge in [-0.15, -0.1) is 12.6 Å². The lowest BCUT2D eigenvalue weighted by Crippen LogP contribution is -2.31. The van der Waals surface area contributed by atoms with E-state index in [0.717, 1.165) is 52.7 Å². The molecule has 0 fully saturated rings. The molecule has 0 saturated heterocycles. The Kier molecular flexibility index (Phi) is 7.33. The number of benzene rings is 1. The molecule has 0 saturated carbocycles. The molecule has 0 amide bonds. The van der Waals surface area contributed by atoms with Crippen LogP contribution in [0.2, 0.25) is 0 Å². The molecular formula is C24H35N3OS. The van der Waals surface area contributed by atoms with Gasteiger partial charge in [-0.05, 0) is 75.1 Å². The summed E-state index contributed by atoms with van der Waals surface area (Å²) in [4.78, 5) is 2.41. The molecular weight excluding hydrogens is 378 g/mol. The number of hydrogen-bond acceptors (Lipinski definition) is 4. The maximum Gasteiger partial charge on any atom is 0.142 e. The van der Waals surface area contributed by atoms with Crippen LogP contribution in [0.5, 0.6) is 5.75 Å². The summed E-state index contributed by atoms with van der Waals surface area (Å²) in [5, 5.41) is 8.49. The van der Waals surface area contributed by atoms with Crippen molar-refractivity contribution < 1.29 is 4.74 Å². The van der Waals surface area contributed by atoms with E-state index < -0.39 is 0 Å². The molecule has 1 aliphatic rings. The van der Waals surface area contributed by atoms with Crippen molar-refractivity contribution >= 4 is 23.9 Å². The molecule has 0 bridgehead atoms. The number of rotatable bonds is 8. The Hall–Kier alpha value is -1.88. The van der Waals surface area contributed by atoms with Crippen molar-refractivity contribution in [2.45, 2.75) is 70.9 Å². The highest BCUT2D eigenvalue weighted by molar-refractivity contribution is 7.80. The smallest absolute Gasteiger partial charge is 0.142 e. The van der Waals surface area contributed by atoms with Crippen molar-refractivity contribution in [2.24, 2.45) is 5.92 Å². The lowest BCUT2D eigenvalue weighted by Gasteiger charge is -2.30. The molecule has 0 aliphatic heterocycles. The normalized spacial score (nSPS) is 16.8. The summed E-state index contributed by atoms with van der Waals surface area (Å²) in [6.45, 7) is 9.93. The zero-order chi connectivity index (χ0) is 21.0. The largest absolute Gasteiger partial charge is 0.495 e. The van der Waals surface area contributed by atoms with Gasteiger partial charge >= 0.3 is 0 Å². The zero-order valence-electron chi connectivity index (χ0n) is 18.5. The van der Waals surface area contributed by atoms with Gasteiger partial charge in [0.1, 0.15) is 10.8 Å². The van der Waals surface area contributed by atoms with E-state index in [0.29, 0.717) is 12.0 Å². The van der Waals surface area contributed by atoms with E-state index in [1.807, 2.05) is 0 Å². The van der Waals surface area contributed by atoms with Gasteiger partial charge in [0.15, 0.2) is 0 Å². The first-order chi connectivity index (χ1) is 14.0. The lowest BCUT2D eigenvalue weighted by atomic mass is 9.86. The second-order valence-electron chi connectivity index (χ2n) is 8.22. The van der Waals surface area contributed by atoms with Crippen molar-refractivity contribution in [3.63, 3.8) is 0 Å². The minimum atomic E-state index is 0.393. The Morgan fingerprint density at radius 1 is 1.31 bits per heavy atom. The maximum atomic E-state index is 5.70. The van der Waals surface area contributed by atoms with Crippen molar-refractivity contribution in [3.8, 4) is 16.9 Å². The monoisotopic (exact) mass is 413 g/mol. The molecule has 1 heterocycles. The van der Waals surface area contributed by atoms with Gasteiger partial charge < -0.3 is 9.64 Å². The Balaban J connectivity index is 2.09. The van der Waals surface area contributed by atoms with Crippen LogP contribution in [0.4, 0.5) is 5.69 Å². The van der Waals surface area contributed by atoms with Gasteiger partial charge in [0.25, 0.3) is 0 Å². The Bertz CT molecular complexity index is 856. The molecule has 1 aromatic heterocycles. The first-order valence-corrected chi connectivity index (χ1v) is 11.4. The highest BCUT2D eigenvalue weighted by Gasteiger charge is 2.22. The van der Waals surface area contributed by atoms with Crippen LogP contribution in [-0.4, -0.2) is 29.9 Å². The average Bonchev–Trinajstić information content (AvgIpc) is 3.12. The fourth-order valence-corrected chi connectivity index (χ4v) is 4.63. The molecule has 1 aromatic carbocycles. The van der Waals surface area contributed by atoms with E-state index in [-0.39, 0.29) is 0 Å². The number of anilines is 1. The molecule has 0 spiro atoms. The first kappa shape index (κ1) is 21.8. The predicted molar refractivity (Wildman–Crippen MR) is 126 cm³/mol. The highest BCUT2D eigenvalue weighted by atomic mass is 32.1. The molecule has 2 aromatic rings. The number of nitrogens with zero attached hydrogens (tertiary/aromatic N) is 2. The summed E-state index contributed by atoms with van der Waals surface area (Å²) in [5.41, 5.74) is 5.86. The van der Waals surface area contributed by atoms with Gasteiger partial charge in [-0.25, -0.2) is 0 Å². The third-order valence-electron chi connectivity index (χ3n) is 5.92. The minimum absolute atomic E-state index is 0.393. The Labute approximate surface area is 181 Å². The number of aromatic nitrogens is 2. The highest BCUT2D eigenvalue weighted by Crippen LogP contribution is 2.41. The van der Waals surface area contributed by atoms with Crippen molar-refractivity contribution in [2.75, 3.05) is 18.6 Å². The number of aromatic amines is 1. The number of nitrogens with one attached hydrogen (secondary N) is 1. The summed E-state index contributed by atoms with van der Waals surface area (Å²) >= 11 is 4.70. The van der Waals surface area contributed by atoms with Crippen LogP contribution in [0.15, 0.2) is 29.3 Å². The van der Waals surface area contributed by atoms with Crippen molar-refractivity contribution in [3.05, 3.63) is 30.0 Å². The molecule has 1 N–H and O–H groups in total. The van der Waals surface area contributed by atoms with Gasteiger partial charge in [-0.1, -0.05) is 26.0 Å². The molecule has 29 heavy (non-hydrogen) atoms. The molecule has 3 rings (SSSR count). The van der Waals surface area contributed by atoms with Crippen molar-refractivity contribution in [1.82, 2.24) is 10.2 Å². The van der Waals surface area contributed by atoms with E-state index >= 15 is 0 Å². The second-order valence-corrected chi connectivity index (χ2v) is 8.65. The quantitative estimate of drug-likeness (QED) is 0.480. The SMILES string of the molecule is CCCN(c1cc(-c2c(S)n[nH]c2C2=CC(CC)CCC2)ccc1OC)C(C)C. The van der Waals surface area contributed by atoms with E-state index in [9.17, 15) is 0 Å². The van der Waals surface area contributed by atoms with Gasteiger partial charge in [0.2, 0.25) is 0 Å². The standard InChI is InChI=1S/C24H35N3OS/c1-6-13-27(16(3)4)20-15-18(11-12-21(20)28-5)22-23(25-26-24(22)29)19-10-8-9-17(7-2)14-19/h11-12,14-17H,6-10,13H2,1-5H3,(H2,25,26,29). The summed E-state index contributed by atoms with van der Waals surface area (Å²) in [6, 6.07) is 6.83. The summed E-state index contributed by atoms with van der Waals surface area (Å²) in [5.74, 6) is 1.57. The Morgan fingerprint density at radius 2 is 2.10 bits per heavy atom. The van der Waals surface area contributed by atoms with E-state index in [4.69, 9.17) is 17.4 Å².